The minimum Gasteiger partial charge on any atom is -0.482 e. The lowest BCUT2D eigenvalue weighted by atomic mass is 10.1. The summed E-state index contributed by atoms with van der Waals surface area (Å²) >= 11 is 3.33. The number of benzene rings is 1. The molecule has 0 spiro atoms. The van der Waals surface area contributed by atoms with Crippen molar-refractivity contribution in [3.8, 4) is 5.75 Å². The lowest BCUT2D eigenvalue weighted by Crippen LogP contribution is -2.12. The Kier molecular flexibility index (Phi) is 8.51. The number of carbonyl (C=O) groups excluding carboxylic acids is 2. The van der Waals surface area contributed by atoms with Gasteiger partial charge in [0, 0.05) is 6.61 Å². The van der Waals surface area contributed by atoms with E-state index in [4.69, 9.17) is 9.47 Å². The summed E-state index contributed by atoms with van der Waals surface area (Å²) in [5, 5.41) is -0.501. The fourth-order valence-electron chi connectivity index (χ4n) is 1.58. The molecule has 1 rings (SSSR count). The van der Waals surface area contributed by atoms with Gasteiger partial charge in [0.15, 0.2) is 6.61 Å². The summed E-state index contributed by atoms with van der Waals surface area (Å²) in [5.74, 6) is 1.96. The Morgan fingerprint density at radius 3 is 2.55 bits per heavy atom. The highest BCUT2D eigenvalue weighted by molar-refractivity contribution is 9.09. The average molecular weight is 371 g/mol. The molecule has 5 nitrogen and oxygen atoms in total. The molecule has 1 aromatic carbocycles. The molecule has 0 N–H and O–H groups in total. The SMILES string of the molecule is CCCCOC(Br)C(=C=O)c1ccc(OCC(=O)OC)cc1. The first kappa shape index (κ1) is 18.4. The van der Waals surface area contributed by atoms with Crippen LogP contribution in [0.5, 0.6) is 5.75 Å². The van der Waals surface area contributed by atoms with Crippen molar-refractivity contribution in [3.05, 3.63) is 29.8 Å². The smallest absolute Gasteiger partial charge is 0.343 e. The van der Waals surface area contributed by atoms with E-state index in [9.17, 15) is 9.59 Å². The lowest BCUT2D eigenvalue weighted by Gasteiger charge is -2.13. The van der Waals surface area contributed by atoms with Gasteiger partial charge in [-0.2, -0.15) is 0 Å². The van der Waals surface area contributed by atoms with E-state index in [1.54, 1.807) is 24.3 Å². The van der Waals surface area contributed by atoms with E-state index in [0.29, 0.717) is 23.5 Å². The van der Waals surface area contributed by atoms with Gasteiger partial charge in [-0.25, -0.2) is 9.59 Å². The van der Waals surface area contributed by atoms with Gasteiger partial charge >= 0.3 is 5.97 Å². The van der Waals surface area contributed by atoms with Crippen molar-refractivity contribution in [3.63, 3.8) is 0 Å². The van der Waals surface area contributed by atoms with Gasteiger partial charge < -0.3 is 14.2 Å². The van der Waals surface area contributed by atoms with Crippen LogP contribution in [0.15, 0.2) is 24.3 Å². The van der Waals surface area contributed by atoms with Gasteiger partial charge in [-0.3, -0.25) is 0 Å². The van der Waals surface area contributed by atoms with E-state index in [1.807, 2.05) is 5.94 Å². The van der Waals surface area contributed by atoms with Crippen molar-refractivity contribution in [2.75, 3.05) is 20.3 Å². The molecule has 0 aliphatic rings. The monoisotopic (exact) mass is 370 g/mol. The molecule has 120 valence electrons. The maximum absolute atomic E-state index is 11.2. The van der Waals surface area contributed by atoms with E-state index < -0.39 is 11.0 Å². The zero-order chi connectivity index (χ0) is 16.4. The van der Waals surface area contributed by atoms with Gasteiger partial charge in [0.25, 0.3) is 0 Å². The minimum absolute atomic E-state index is 0.159. The molecule has 22 heavy (non-hydrogen) atoms. The molecule has 1 aromatic rings. The molecule has 0 saturated carbocycles. The van der Waals surface area contributed by atoms with Gasteiger partial charge in [-0.1, -0.05) is 41.4 Å². The molecule has 0 aliphatic carbocycles. The fraction of sp³-hybridized carbons (Fsp3) is 0.438. The Bertz CT molecular complexity index is 520. The third-order valence-electron chi connectivity index (χ3n) is 2.85. The van der Waals surface area contributed by atoms with E-state index in [-0.39, 0.29) is 6.61 Å². The summed E-state index contributed by atoms with van der Waals surface area (Å²) in [6, 6.07) is 6.76. The van der Waals surface area contributed by atoms with Gasteiger partial charge in [-0.15, -0.1) is 0 Å². The number of alkyl halides is 1. The summed E-state index contributed by atoms with van der Waals surface area (Å²) in [6.07, 6.45) is 1.95. The summed E-state index contributed by atoms with van der Waals surface area (Å²) in [4.78, 5) is 22.1. The summed E-state index contributed by atoms with van der Waals surface area (Å²) in [5.41, 5.74) is 1.06. The predicted octanol–water partition coefficient (Wildman–Crippen LogP) is 2.99. The number of esters is 1. The number of methoxy groups -OCH3 is 1. The topological polar surface area (TPSA) is 61.8 Å². The van der Waals surface area contributed by atoms with Crippen molar-refractivity contribution in [2.24, 2.45) is 0 Å². The standard InChI is InChI=1S/C16H19BrO5/c1-3-4-9-21-16(17)14(10-18)12-5-7-13(8-6-12)22-11-15(19)20-2/h5-8,16H,3-4,9,11H2,1-2H3. The third kappa shape index (κ3) is 6.02. The number of carbonyl (C=O) groups is 1. The molecular formula is C16H19BrO5. The lowest BCUT2D eigenvalue weighted by molar-refractivity contribution is -0.142. The van der Waals surface area contributed by atoms with Crippen LogP contribution < -0.4 is 4.74 Å². The number of ether oxygens (including phenoxy) is 3. The molecular weight excluding hydrogens is 352 g/mol. The molecule has 0 amide bonds. The molecule has 0 radical (unpaired) electrons. The highest BCUT2D eigenvalue weighted by Crippen LogP contribution is 2.24. The Morgan fingerprint density at radius 1 is 1.32 bits per heavy atom. The summed E-state index contributed by atoms with van der Waals surface area (Å²) in [7, 11) is 1.30. The second-order valence-corrected chi connectivity index (χ2v) is 5.28. The maximum Gasteiger partial charge on any atom is 0.343 e. The number of rotatable bonds is 9. The summed E-state index contributed by atoms with van der Waals surface area (Å²) in [6.45, 7) is 2.47. The number of unbranched alkanes of at least 4 members (excludes halogenated alkanes) is 1. The van der Waals surface area contributed by atoms with Crippen LogP contribution in [0.2, 0.25) is 0 Å². The first-order valence-corrected chi connectivity index (χ1v) is 7.84. The van der Waals surface area contributed by atoms with Crippen LogP contribution in [0.25, 0.3) is 5.57 Å². The van der Waals surface area contributed by atoms with Gasteiger partial charge in [-0.05, 0) is 24.1 Å². The van der Waals surface area contributed by atoms with E-state index in [2.05, 4.69) is 27.6 Å². The summed E-state index contributed by atoms with van der Waals surface area (Å²) < 4.78 is 15.3. The Labute approximate surface area is 138 Å². The second-order valence-electron chi connectivity index (χ2n) is 4.45. The largest absolute Gasteiger partial charge is 0.482 e. The van der Waals surface area contributed by atoms with Crippen LogP contribution in [-0.4, -0.2) is 37.2 Å². The van der Waals surface area contributed by atoms with Crippen LogP contribution in [0, 0.1) is 0 Å². The number of hydrogen-bond donors (Lipinski definition) is 0. The van der Waals surface area contributed by atoms with E-state index in [0.717, 1.165) is 12.8 Å². The molecule has 0 saturated heterocycles. The first-order valence-electron chi connectivity index (χ1n) is 6.93. The van der Waals surface area contributed by atoms with Crippen LogP contribution in [-0.2, 0) is 19.1 Å². The zero-order valence-corrected chi connectivity index (χ0v) is 14.2. The van der Waals surface area contributed by atoms with Crippen LogP contribution in [0.4, 0.5) is 0 Å². The number of hydrogen-bond acceptors (Lipinski definition) is 5. The predicted molar refractivity (Wildman–Crippen MR) is 86.6 cm³/mol. The van der Waals surface area contributed by atoms with Crippen molar-refractivity contribution in [1.29, 1.82) is 0 Å². The molecule has 0 bridgehead atoms. The van der Waals surface area contributed by atoms with Gasteiger partial charge in [0.2, 0.25) is 0 Å². The zero-order valence-electron chi connectivity index (χ0n) is 12.6. The van der Waals surface area contributed by atoms with Crippen molar-refractivity contribution < 1.29 is 23.8 Å². The van der Waals surface area contributed by atoms with E-state index in [1.165, 1.54) is 7.11 Å². The molecule has 0 aromatic heterocycles. The maximum atomic E-state index is 11.2. The molecule has 6 heteroatoms. The van der Waals surface area contributed by atoms with Crippen molar-refractivity contribution in [1.82, 2.24) is 0 Å². The quantitative estimate of drug-likeness (QED) is 0.289. The fourth-order valence-corrected chi connectivity index (χ4v) is 2.13. The third-order valence-corrected chi connectivity index (χ3v) is 3.57. The average Bonchev–Trinajstić information content (AvgIpc) is 2.54. The molecule has 0 heterocycles. The van der Waals surface area contributed by atoms with Crippen molar-refractivity contribution in [2.45, 2.75) is 24.8 Å². The Balaban J connectivity index is 2.66. The molecule has 1 unspecified atom stereocenters. The van der Waals surface area contributed by atoms with Crippen LogP contribution in [0.3, 0.4) is 0 Å². The van der Waals surface area contributed by atoms with Gasteiger partial charge in [0.1, 0.15) is 16.7 Å². The molecule has 0 fully saturated rings. The van der Waals surface area contributed by atoms with Crippen molar-refractivity contribution >= 4 is 33.4 Å². The highest BCUT2D eigenvalue weighted by Gasteiger charge is 2.15. The number of halogens is 1. The second kappa shape index (κ2) is 10.2. The molecule has 0 aliphatic heterocycles. The van der Waals surface area contributed by atoms with Crippen LogP contribution >= 0.6 is 15.9 Å². The highest BCUT2D eigenvalue weighted by atomic mass is 79.9. The Hall–Kier alpha value is -1.62. The van der Waals surface area contributed by atoms with Gasteiger partial charge in [0.05, 0.1) is 12.7 Å². The Morgan fingerprint density at radius 2 is 2.00 bits per heavy atom. The minimum atomic E-state index is -0.501. The first-order chi connectivity index (χ1) is 10.6. The van der Waals surface area contributed by atoms with E-state index >= 15 is 0 Å². The van der Waals surface area contributed by atoms with Crippen LogP contribution in [0.1, 0.15) is 25.3 Å². The molecule has 1 atom stereocenters. The normalized spacial score (nSPS) is 11.4.